The molecule has 1 aromatic carbocycles. The standard InChI is InChI=1S/C20H29N7O/c1-14-23-18-17(9-6-12-27(18)25-14)24-20(21-2)22-11-10-15-7-5-8-16(13-15)19(28)26(3)4/h5,7-8,13,17H,6,9-12H2,1-4H3,(H2,21,22,24). The third-order valence-electron chi connectivity index (χ3n) is 4.80. The molecule has 0 radical (unpaired) electrons. The van der Waals surface area contributed by atoms with Crippen LogP contribution in [0.5, 0.6) is 0 Å². The van der Waals surface area contributed by atoms with Gasteiger partial charge in [-0.05, 0) is 43.9 Å². The Morgan fingerprint density at radius 2 is 2.21 bits per heavy atom. The quantitative estimate of drug-likeness (QED) is 0.604. The lowest BCUT2D eigenvalue weighted by atomic mass is 10.1. The molecule has 1 unspecified atom stereocenters. The fourth-order valence-electron chi connectivity index (χ4n) is 3.41. The Morgan fingerprint density at radius 1 is 1.39 bits per heavy atom. The number of rotatable bonds is 5. The Labute approximate surface area is 166 Å². The summed E-state index contributed by atoms with van der Waals surface area (Å²) in [7, 11) is 5.30. The van der Waals surface area contributed by atoms with Gasteiger partial charge < -0.3 is 15.5 Å². The summed E-state index contributed by atoms with van der Waals surface area (Å²) in [6.45, 7) is 3.56. The van der Waals surface area contributed by atoms with E-state index in [-0.39, 0.29) is 11.9 Å². The number of aromatic nitrogens is 3. The van der Waals surface area contributed by atoms with Gasteiger partial charge in [0.15, 0.2) is 5.96 Å². The highest BCUT2D eigenvalue weighted by molar-refractivity contribution is 5.94. The Balaban J connectivity index is 1.56. The zero-order valence-corrected chi connectivity index (χ0v) is 17.1. The van der Waals surface area contributed by atoms with Crippen LogP contribution in [0.2, 0.25) is 0 Å². The second-order valence-electron chi connectivity index (χ2n) is 7.23. The number of aliphatic imine (C=N–C) groups is 1. The molecule has 2 heterocycles. The van der Waals surface area contributed by atoms with Gasteiger partial charge in [0, 0.05) is 39.8 Å². The highest BCUT2D eigenvalue weighted by atomic mass is 16.2. The van der Waals surface area contributed by atoms with Crippen LogP contribution >= 0.6 is 0 Å². The van der Waals surface area contributed by atoms with Gasteiger partial charge >= 0.3 is 0 Å². The van der Waals surface area contributed by atoms with Gasteiger partial charge in [-0.15, -0.1) is 0 Å². The summed E-state index contributed by atoms with van der Waals surface area (Å²) in [5, 5.41) is 11.3. The van der Waals surface area contributed by atoms with Crippen molar-refractivity contribution in [2.45, 2.75) is 38.8 Å². The first-order valence-electron chi connectivity index (χ1n) is 9.67. The van der Waals surface area contributed by atoms with Gasteiger partial charge in [0.05, 0.1) is 6.04 Å². The number of hydrogen-bond donors (Lipinski definition) is 2. The summed E-state index contributed by atoms with van der Waals surface area (Å²) >= 11 is 0. The van der Waals surface area contributed by atoms with Crippen molar-refractivity contribution in [2.75, 3.05) is 27.7 Å². The Kier molecular flexibility index (Phi) is 6.28. The second-order valence-corrected chi connectivity index (χ2v) is 7.23. The van der Waals surface area contributed by atoms with Gasteiger partial charge in [0.2, 0.25) is 0 Å². The fraction of sp³-hybridized carbons (Fsp3) is 0.500. The molecule has 8 nitrogen and oxygen atoms in total. The molecule has 3 rings (SSSR count). The molecule has 0 spiro atoms. The zero-order chi connectivity index (χ0) is 20.1. The van der Waals surface area contributed by atoms with Crippen LogP contribution in [0.15, 0.2) is 29.3 Å². The van der Waals surface area contributed by atoms with Crippen molar-refractivity contribution < 1.29 is 4.79 Å². The summed E-state index contributed by atoms with van der Waals surface area (Å²) in [5.74, 6) is 2.55. The van der Waals surface area contributed by atoms with Crippen LogP contribution in [0.1, 0.15) is 46.5 Å². The van der Waals surface area contributed by atoms with E-state index in [0.717, 1.165) is 55.5 Å². The molecule has 1 atom stereocenters. The number of guanidine groups is 1. The Bertz CT molecular complexity index is 856. The average Bonchev–Trinajstić information content (AvgIpc) is 3.07. The molecule has 0 fully saturated rings. The molecule has 1 aliphatic heterocycles. The van der Waals surface area contributed by atoms with Crippen LogP contribution in [-0.4, -0.2) is 59.2 Å². The molecule has 150 valence electrons. The van der Waals surface area contributed by atoms with E-state index in [9.17, 15) is 4.79 Å². The summed E-state index contributed by atoms with van der Waals surface area (Å²) in [6, 6.07) is 7.88. The van der Waals surface area contributed by atoms with E-state index in [1.807, 2.05) is 35.9 Å². The monoisotopic (exact) mass is 383 g/mol. The van der Waals surface area contributed by atoms with Crippen LogP contribution < -0.4 is 10.6 Å². The molecule has 0 aliphatic carbocycles. The smallest absolute Gasteiger partial charge is 0.253 e. The normalized spacial score (nSPS) is 16.4. The number of amides is 1. The zero-order valence-electron chi connectivity index (χ0n) is 17.1. The van der Waals surface area contributed by atoms with E-state index < -0.39 is 0 Å². The molecule has 2 aromatic rings. The van der Waals surface area contributed by atoms with Crippen molar-refractivity contribution >= 4 is 11.9 Å². The number of hydrogen-bond acceptors (Lipinski definition) is 4. The Morgan fingerprint density at radius 3 is 2.96 bits per heavy atom. The topological polar surface area (TPSA) is 87.4 Å². The molecule has 0 bridgehead atoms. The summed E-state index contributed by atoms with van der Waals surface area (Å²) < 4.78 is 1.98. The minimum atomic E-state index is 0.0176. The van der Waals surface area contributed by atoms with E-state index in [1.54, 1.807) is 26.0 Å². The number of aryl methyl sites for hydroxylation is 2. The lowest BCUT2D eigenvalue weighted by molar-refractivity contribution is 0.0827. The van der Waals surface area contributed by atoms with Gasteiger partial charge in [-0.2, -0.15) is 5.10 Å². The number of benzene rings is 1. The minimum Gasteiger partial charge on any atom is -0.356 e. The van der Waals surface area contributed by atoms with Crippen LogP contribution in [0.25, 0.3) is 0 Å². The first-order valence-corrected chi connectivity index (χ1v) is 9.67. The summed E-state index contributed by atoms with van der Waals surface area (Å²) in [4.78, 5) is 22.6. The van der Waals surface area contributed by atoms with Crippen LogP contribution in [-0.2, 0) is 13.0 Å². The van der Waals surface area contributed by atoms with Gasteiger partial charge in [-0.1, -0.05) is 12.1 Å². The molecule has 1 aromatic heterocycles. The van der Waals surface area contributed by atoms with Crippen LogP contribution in [0.4, 0.5) is 0 Å². The van der Waals surface area contributed by atoms with E-state index in [4.69, 9.17) is 0 Å². The summed E-state index contributed by atoms with van der Waals surface area (Å²) in [6.07, 6.45) is 2.87. The van der Waals surface area contributed by atoms with Crippen LogP contribution in [0.3, 0.4) is 0 Å². The second kappa shape index (κ2) is 8.86. The van der Waals surface area contributed by atoms with E-state index >= 15 is 0 Å². The van der Waals surface area contributed by atoms with Crippen LogP contribution in [0, 0.1) is 6.92 Å². The lowest BCUT2D eigenvalue weighted by Crippen LogP contribution is -2.42. The predicted octanol–water partition coefficient (Wildman–Crippen LogP) is 1.53. The van der Waals surface area contributed by atoms with Gasteiger partial charge in [-0.25, -0.2) is 9.67 Å². The van der Waals surface area contributed by atoms with E-state index in [0.29, 0.717) is 5.56 Å². The van der Waals surface area contributed by atoms with Gasteiger partial charge in [-0.3, -0.25) is 9.79 Å². The number of nitrogens with zero attached hydrogens (tertiary/aromatic N) is 5. The number of carbonyl (C=O) groups is 1. The average molecular weight is 384 g/mol. The van der Waals surface area contributed by atoms with Crippen molar-refractivity contribution in [3.8, 4) is 0 Å². The predicted molar refractivity (Wildman–Crippen MR) is 109 cm³/mol. The highest BCUT2D eigenvalue weighted by Gasteiger charge is 2.24. The fourth-order valence-corrected chi connectivity index (χ4v) is 3.41. The molecule has 0 saturated carbocycles. The largest absolute Gasteiger partial charge is 0.356 e. The number of fused-ring (bicyclic) bond motifs is 1. The molecule has 28 heavy (non-hydrogen) atoms. The Hall–Kier alpha value is -2.90. The maximum absolute atomic E-state index is 12.1. The number of nitrogens with one attached hydrogen (secondary N) is 2. The molecular formula is C20H29N7O. The van der Waals surface area contributed by atoms with Gasteiger partial charge in [0.25, 0.3) is 5.91 Å². The molecular weight excluding hydrogens is 354 g/mol. The number of carbonyl (C=O) groups excluding carboxylic acids is 1. The maximum atomic E-state index is 12.1. The summed E-state index contributed by atoms with van der Waals surface area (Å²) in [5.41, 5.74) is 1.82. The molecule has 0 saturated heterocycles. The third kappa shape index (κ3) is 4.68. The van der Waals surface area contributed by atoms with Crippen molar-refractivity contribution in [3.05, 3.63) is 47.0 Å². The van der Waals surface area contributed by atoms with E-state index in [1.165, 1.54) is 0 Å². The molecule has 2 N–H and O–H groups in total. The minimum absolute atomic E-state index is 0.0176. The highest BCUT2D eigenvalue weighted by Crippen LogP contribution is 2.22. The van der Waals surface area contributed by atoms with Gasteiger partial charge in [0.1, 0.15) is 11.6 Å². The third-order valence-corrected chi connectivity index (χ3v) is 4.80. The molecule has 1 aliphatic rings. The molecule has 8 heteroatoms. The van der Waals surface area contributed by atoms with Crippen molar-refractivity contribution in [1.82, 2.24) is 30.3 Å². The lowest BCUT2D eigenvalue weighted by Gasteiger charge is -2.25. The van der Waals surface area contributed by atoms with E-state index in [2.05, 4.69) is 25.7 Å². The first kappa shape index (κ1) is 19.9. The molecule has 1 amide bonds. The van der Waals surface area contributed by atoms with Crippen molar-refractivity contribution in [3.63, 3.8) is 0 Å². The maximum Gasteiger partial charge on any atom is 0.253 e. The SMILES string of the molecule is CN=C(NCCc1cccc(C(=O)N(C)C)c1)NC1CCCn2nc(C)nc21. The first-order chi connectivity index (χ1) is 13.5. The van der Waals surface area contributed by atoms with Crippen molar-refractivity contribution in [2.24, 2.45) is 4.99 Å². The van der Waals surface area contributed by atoms with Crippen molar-refractivity contribution in [1.29, 1.82) is 0 Å².